The summed E-state index contributed by atoms with van der Waals surface area (Å²) in [6.07, 6.45) is 1.05. The van der Waals surface area contributed by atoms with Crippen LogP contribution in [0, 0.1) is 12.8 Å². The summed E-state index contributed by atoms with van der Waals surface area (Å²) in [7, 11) is 0. The van der Waals surface area contributed by atoms with E-state index in [1.165, 1.54) is 4.68 Å². The highest BCUT2D eigenvalue weighted by Gasteiger charge is 2.29. The molecule has 2 heterocycles. The molecule has 8 heteroatoms. The molecule has 1 unspecified atom stereocenters. The van der Waals surface area contributed by atoms with Gasteiger partial charge in [0.1, 0.15) is 10.7 Å². The predicted octanol–water partition coefficient (Wildman–Crippen LogP) is 4.35. The highest BCUT2D eigenvalue weighted by molar-refractivity contribution is 6.33. The second kappa shape index (κ2) is 9.18. The number of hydrogen-bond donors (Lipinski definition) is 0. The van der Waals surface area contributed by atoms with E-state index in [1.54, 1.807) is 24.8 Å². The number of benzene rings is 1. The largest absolute Gasteiger partial charge is 0.449 e. The fourth-order valence-electron chi connectivity index (χ4n) is 3.43. The summed E-state index contributed by atoms with van der Waals surface area (Å²) in [5.74, 6) is -0.214. The topological polar surface area (TPSA) is 64.4 Å². The molecule has 0 aliphatic carbocycles. The first kappa shape index (κ1) is 21.7. The number of hydrogen-bond acceptors (Lipinski definition) is 4. The summed E-state index contributed by atoms with van der Waals surface area (Å²) >= 11 is 12.6. The summed E-state index contributed by atoms with van der Waals surface area (Å²) in [6, 6.07) is 7.36. The highest BCUT2D eigenvalue weighted by Crippen LogP contribution is 2.25. The van der Waals surface area contributed by atoms with E-state index in [2.05, 4.69) is 12.0 Å². The molecule has 0 spiro atoms. The minimum atomic E-state index is -0.877. The monoisotopic (exact) mass is 437 g/mol. The third-order valence-electron chi connectivity index (χ3n) is 5.27. The maximum absolute atomic E-state index is 12.7. The van der Waals surface area contributed by atoms with Gasteiger partial charge in [-0.1, -0.05) is 48.3 Å². The number of aromatic nitrogens is 2. The number of likely N-dealkylation sites (tertiary alicyclic amines) is 1. The molecule has 3 rings (SSSR count). The van der Waals surface area contributed by atoms with Gasteiger partial charge >= 0.3 is 5.97 Å². The molecular formula is C21H25Cl2N3O3. The van der Waals surface area contributed by atoms with Gasteiger partial charge in [0.2, 0.25) is 0 Å². The van der Waals surface area contributed by atoms with Crippen molar-refractivity contribution in [1.29, 1.82) is 0 Å². The molecule has 1 fully saturated rings. The molecule has 1 aliphatic heterocycles. The van der Waals surface area contributed by atoms with Crippen LogP contribution in [-0.4, -0.2) is 45.8 Å². The molecule has 156 valence electrons. The standard InChI is InChI=1S/C21H25Cl2N3O3/c1-13-8-10-25(11-9-13)20(27)15(3)29-21(28)18-14(2)24-26(19(18)23)12-16-6-4-5-7-17(16)22/h4-7,13,15H,8-12H2,1-3H3. The number of ether oxygens (including phenoxy) is 1. The molecule has 0 N–H and O–H groups in total. The molecule has 1 amide bonds. The number of halogens is 2. The van der Waals surface area contributed by atoms with Crippen LogP contribution in [0.15, 0.2) is 24.3 Å². The first-order valence-corrected chi connectivity index (χ1v) is 10.5. The number of piperidine rings is 1. The van der Waals surface area contributed by atoms with Crippen LogP contribution in [0.4, 0.5) is 0 Å². The average Bonchev–Trinajstić information content (AvgIpc) is 2.96. The first-order chi connectivity index (χ1) is 13.8. The second-order valence-electron chi connectivity index (χ2n) is 7.56. The Morgan fingerprint density at radius 2 is 1.90 bits per heavy atom. The van der Waals surface area contributed by atoms with Gasteiger partial charge in [0.05, 0.1) is 12.2 Å². The third-order valence-corrected chi connectivity index (χ3v) is 6.03. The fraction of sp³-hybridized carbons (Fsp3) is 0.476. The Balaban J connectivity index is 1.70. The minimum absolute atomic E-state index is 0.166. The molecule has 29 heavy (non-hydrogen) atoms. The van der Waals surface area contributed by atoms with Gasteiger partial charge in [-0.2, -0.15) is 5.10 Å². The predicted molar refractivity (Wildman–Crippen MR) is 112 cm³/mol. The zero-order valence-electron chi connectivity index (χ0n) is 16.8. The molecule has 1 saturated heterocycles. The van der Waals surface area contributed by atoms with Crippen molar-refractivity contribution in [3.63, 3.8) is 0 Å². The van der Waals surface area contributed by atoms with Crippen LogP contribution in [0.3, 0.4) is 0 Å². The maximum atomic E-state index is 12.7. The van der Waals surface area contributed by atoms with Crippen molar-refractivity contribution in [3.05, 3.63) is 51.3 Å². The Kier molecular flexibility index (Phi) is 6.85. The number of nitrogens with zero attached hydrogens (tertiary/aromatic N) is 3. The lowest BCUT2D eigenvalue weighted by Crippen LogP contribution is -2.44. The number of rotatable bonds is 5. The van der Waals surface area contributed by atoms with Crippen molar-refractivity contribution < 1.29 is 14.3 Å². The van der Waals surface area contributed by atoms with Crippen LogP contribution in [0.2, 0.25) is 10.2 Å². The lowest BCUT2D eigenvalue weighted by molar-refractivity contribution is -0.141. The number of carbonyl (C=O) groups excluding carboxylic acids is 2. The zero-order chi connectivity index (χ0) is 21.1. The van der Waals surface area contributed by atoms with E-state index in [9.17, 15) is 9.59 Å². The van der Waals surface area contributed by atoms with Crippen LogP contribution in [0.1, 0.15) is 48.3 Å². The van der Waals surface area contributed by atoms with E-state index in [-0.39, 0.29) is 16.6 Å². The minimum Gasteiger partial charge on any atom is -0.449 e. The lowest BCUT2D eigenvalue weighted by atomic mass is 9.99. The van der Waals surface area contributed by atoms with E-state index in [4.69, 9.17) is 27.9 Å². The lowest BCUT2D eigenvalue weighted by Gasteiger charge is -2.31. The summed E-state index contributed by atoms with van der Waals surface area (Å²) < 4.78 is 6.94. The smallest absolute Gasteiger partial charge is 0.343 e. The molecule has 1 aromatic heterocycles. The van der Waals surface area contributed by atoms with Crippen molar-refractivity contribution in [2.75, 3.05) is 13.1 Å². The van der Waals surface area contributed by atoms with Crippen molar-refractivity contribution in [3.8, 4) is 0 Å². The van der Waals surface area contributed by atoms with Crippen LogP contribution >= 0.6 is 23.2 Å². The molecule has 0 saturated carbocycles. The van der Waals surface area contributed by atoms with Gasteiger partial charge < -0.3 is 9.64 Å². The fourth-order valence-corrected chi connectivity index (χ4v) is 3.94. The van der Waals surface area contributed by atoms with E-state index < -0.39 is 12.1 Å². The Morgan fingerprint density at radius 3 is 2.55 bits per heavy atom. The number of esters is 1. The zero-order valence-corrected chi connectivity index (χ0v) is 18.3. The van der Waals surface area contributed by atoms with Crippen LogP contribution in [0.25, 0.3) is 0 Å². The van der Waals surface area contributed by atoms with Crippen molar-refractivity contribution in [2.24, 2.45) is 5.92 Å². The SMILES string of the molecule is Cc1nn(Cc2ccccc2Cl)c(Cl)c1C(=O)OC(C)C(=O)N1CCC(C)CC1. The summed E-state index contributed by atoms with van der Waals surface area (Å²) in [4.78, 5) is 27.1. The van der Waals surface area contributed by atoms with Gasteiger partial charge in [-0.3, -0.25) is 4.79 Å². The van der Waals surface area contributed by atoms with Gasteiger partial charge in [0.25, 0.3) is 5.91 Å². The Morgan fingerprint density at radius 1 is 1.24 bits per heavy atom. The molecule has 1 atom stereocenters. The normalized spacial score (nSPS) is 16.0. The molecule has 2 aromatic rings. The Bertz CT molecular complexity index is 905. The molecule has 1 aliphatic rings. The van der Waals surface area contributed by atoms with Gasteiger partial charge in [0, 0.05) is 18.1 Å². The van der Waals surface area contributed by atoms with E-state index >= 15 is 0 Å². The summed E-state index contributed by atoms with van der Waals surface area (Å²) in [6.45, 7) is 7.16. The van der Waals surface area contributed by atoms with Crippen LogP contribution < -0.4 is 0 Å². The van der Waals surface area contributed by atoms with Gasteiger partial charge in [-0.15, -0.1) is 0 Å². The Labute approximate surface area is 180 Å². The van der Waals surface area contributed by atoms with Crippen molar-refractivity contribution in [1.82, 2.24) is 14.7 Å². The second-order valence-corrected chi connectivity index (χ2v) is 8.32. The molecule has 6 nitrogen and oxygen atoms in total. The molecular weight excluding hydrogens is 413 g/mol. The van der Waals surface area contributed by atoms with Crippen LogP contribution in [0.5, 0.6) is 0 Å². The average molecular weight is 438 g/mol. The van der Waals surface area contributed by atoms with E-state index in [0.29, 0.717) is 36.3 Å². The number of amides is 1. The summed E-state index contributed by atoms with van der Waals surface area (Å²) in [5, 5.41) is 5.11. The van der Waals surface area contributed by atoms with Gasteiger partial charge in [-0.25, -0.2) is 9.48 Å². The number of carbonyl (C=O) groups is 2. The van der Waals surface area contributed by atoms with Gasteiger partial charge in [-0.05, 0) is 44.2 Å². The third kappa shape index (κ3) is 4.93. The van der Waals surface area contributed by atoms with E-state index in [0.717, 1.165) is 18.4 Å². The molecule has 0 radical (unpaired) electrons. The van der Waals surface area contributed by atoms with Crippen molar-refractivity contribution >= 4 is 35.1 Å². The molecule has 0 bridgehead atoms. The van der Waals surface area contributed by atoms with Crippen LogP contribution in [-0.2, 0) is 16.1 Å². The molecule has 1 aromatic carbocycles. The Hall–Kier alpha value is -2.05. The first-order valence-electron chi connectivity index (χ1n) is 9.74. The van der Waals surface area contributed by atoms with Gasteiger partial charge in [0.15, 0.2) is 6.10 Å². The number of aryl methyl sites for hydroxylation is 1. The van der Waals surface area contributed by atoms with Crippen molar-refractivity contribution in [2.45, 2.75) is 46.3 Å². The summed E-state index contributed by atoms with van der Waals surface area (Å²) in [5.41, 5.74) is 1.45. The highest BCUT2D eigenvalue weighted by atomic mass is 35.5. The quantitative estimate of drug-likeness (QED) is 0.652. The van der Waals surface area contributed by atoms with E-state index in [1.807, 2.05) is 18.2 Å². The maximum Gasteiger partial charge on any atom is 0.343 e.